The van der Waals surface area contributed by atoms with Crippen LogP contribution >= 0.6 is 11.8 Å². The molecule has 19 heavy (non-hydrogen) atoms. The number of Topliss-reactive ketones (excluding diaryl/α,β-unsaturated/α-hetero) is 1. The first-order valence-electron chi connectivity index (χ1n) is 5.78. The Bertz CT molecular complexity index is 601. The first-order chi connectivity index (χ1) is 9.33. The van der Waals surface area contributed by atoms with E-state index < -0.39 is 0 Å². The summed E-state index contributed by atoms with van der Waals surface area (Å²) in [7, 11) is 0. The molecule has 1 aliphatic rings. The lowest BCUT2D eigenvalue weighted by Gasteiger charge is -2.03. The lowest BCUT2D eigenvalue weighted by atomic mass is 10.1. The maximum atomic E-state index is 12.1. The summed E-state index contributed by atoms with van der Waals surface area (Å²) in [5.41, 5.74) is 0.644. The zero-order valence-corrected chi connectivity index (χ0v) is 10.9. The molecule has 96 valence electrons. The van der Waals surface area contributed by atoms with Crippen LogP contribution in [0.5, 0.6) is 11.5 Å². The first-order valence-corrected chi connectivity index (χ1v) is 6.77. The Labute approximate surface area is 114 Å². The highest BCUT2D eigenvalue weighted by atomic mass is 32.2. The van der Waals surface area contributed by atoms with Crippen LogP contribution in [0.3, 0.4) is 0 Å². The summed E-state index contributed by atoms with van der Waals surface area (Å²) in [5.74, 6) is 1.79. The van der Waals surface area contributed by atoms with Gasteiger partial charge in [0.1, 0.15) is 0 Å². The molecule has 0 unspecified atom stereocenters. The molecule has 3 rings (SSSR count). The molecule has 1 aromatic heterocycles. The van der Waals surface area contributed by atoms with E-state index in [1.807, 2.05) is 12.1 Å². The van der Waals surface area contributed by atoms with Crippen molar-refractivity contribution in [2.24, 2.45) is 0 Å². The number of benzene rings is 1. The number of hydrogen-bond acceptors (Lipinski definition) is 5. The van der Waals surface area contributed by atoms with Crippen molar-refractivity contribution < 1.29 is 14.3 Å². The maximum Gasteiger partial charge on any atom is 0.231 e. The van der Waals surface area contributed by atoms with Crippen molar-refractivity contribution in [3.05, 3.63) is 48.3 Å². The summed E-state index contributed by atoms with van der Waals surface area (Å²) >= 11 is 1.50. The van der Waals surface area contributed by atoms with E-state index in [0.29, 0.717) is 22.8 Å². The number of aromatic nitrogens is 1. The zero-order chi connectivity index (χ0) is 13.1. The highest BCUT2D eigenvalue weighted by Crippen LogP contribution is 2.33. The molecule has 0 fully saturated rings. The van der Waals surface area contributed by atoms with Crippen LogP contribution in [-0.2, 0) is 0 Å². The van der Waals surface area contributed by atoms with Gasteiger partial charge in [-0.05, 0) is 30.3 Å². The summed E-state index contributed by atoms with van der Waals surface area (Å²) in [4.78, 5) is 17.1. The molecule has 0 spiro atoms. The molecule has 0 bridgehead atoms. The number of ketones is 1. The SMILES string of the molecule is O=C(CSc1ccncc1)c1ccc2c(c1)OCO2. The Hall–Kier alpha value is -2.01. The van der Waals surface area contributed by atoms with Crippen LogP contribution in [0, 0.1) is 0 Å². The van der Waals surface area contributed by atoms with E-state index in [4.69, 9.17) is 9.47 Å². The lowest BCUT2D eigenvalue weighted by Crippen LogP contribution is -2.02. The molecule has 0 saturated heterocycles. The molecule has 2 aromatic rings. The minimum atomic E-state index is 0.0695. The highest BCUT2D eigenvalue weighted by molar-refractivity contribution is 8.00. The van der Waals surface area contributed by atoms with Crippen LogP contribution in [-0.4, -0.2) is 23.3 Å². The zero-order valence-electron chi connectivity index (χ0n) is 10.0. The number of carbonyl (C=O) groups is 1. The summed E-state index contributed by atoms with van der Waals surface area (Å²) < 4.78 is 10.5. The smallest absolute Gasteiger partial charge is 0.231 e. The molecule has 0 aliphatic carbocycles. The molecule has 5 heteroatoms. The van der Waals surface area contributed by atoms with Crippen LogP contribution in [0.1, 0.15) is 10.4 Å². The summed E-state index contributed by atoms with van der Waals surface area (Å²) in [6.07, 6.45) is 3.43. The fraction of sp³-hybridized carbons (Fsp3) is 0.143. The van der Waals surface area contributed by atoms with Crippen molar-refractivity contribution in [2.45, 2.75) is 4.90 Å². The highest BCUT2D eigenvalue weighted by Gasteiger charge is 2.16. The third kappa shape index (κ3) is 2.71. The fourth-order valence-corrected chi connectivity index (χ4v) is 2.52. The van der Waals surface area contributed by atoms with Crippen molar-refractivity contribution in [3.63, 3.8) is 0 Å². The van der Waals surface area contributed by atoms with Gasteiger partial charge in [-0.1, -0.05) is 0 Å². The van der Waals surface area contributed by atoms with Crippen molar-refractivity contribution in [1.29, 1.82) is 0 Å². The van der Waals surface area contributed by atoms with E-state index in [0.717, 1.165) is 4.90 Å². The normalized spacial score (nSPS) is 12.4. The number of fused-ring (bicyclic) bond motifs is 1. The Morgan fingerprint density at radius 1 is 1.16 bits per heavy atom. The van der Waals surface area contributed by atoms with Gasteiger partial charge in [0.25, 0.3) is 0 Å². The number of pyridine rings is 1. The Morgan fingerprint density at radius 3 is 2.79 bits per heavy atom. The van der Waals surface area contributed by atoms with Crippen molar-refractivity contribution >= 4 is 17.5 Å². The quantitative estimate of drug-likeness (QED) is 0.633. The average molecular weight is 273 g/mol. The van der Waals surface area contributed by atoms with Crippen LogP contribution in [0.2, 0.25) is 0 Å². The van der Waals surface area contributed by atoms with Crippen molar-refractivity contribution in [3.8, 4) is 11.5 Å². The van der Waals surface area contributed by atoms with Gasteiger partial charge in [0.05, 0.1) is 5.75 Å². The van der Waals surface area contributed by atoms with Gasteiger partial charge in [-0.2, -0.15) is 0 Å². The molecule has 0 atom stereocenters. The second-order valence-corrected chi connectivity index (χ2v) is 5.01. The van der Waals surface area contributed by atoms with Gasteiger partial charge in [0.2, 0.25) is 6.79 Å². The van der Waals surface area contributed by atoms with Crippen molar-refractivity contribution in [1.82, 2.24) is 4.98 Å². The molecule has 0 radical (unpaired) electrons. The van der Waals surface area contributed by atoms with Gasteiger partial charge in [0.15, 0.2) is 17.3 Å². The van der Waals surface area contributed by atoms with E-state index >= 15 is 0 Å². The second-order valence-electron chi connectivity index (χ2n) is 3.96. The molecule has 1 aromatic carbocycles. The molecule has 0 amide bonds. The van der Waals surface area contributed by atoms with E-state index in [1.54, 1.807) is 30.6 Å². The standard InChI is InChI=1S/C14H11NO3S/c16-12(8-19-11-3-5-15-6-4-11)10-1-2-13-14(7-10)18-9-17-13/h1-7H,8-9H2. The summed E-state index contributed by atoms with van der Waals surface area (Å²) in [6, 6.07) is 9.04. The number of ether oxygens (including phenoxy) is 2. The van der Waals surface area contributed by atoms with Gasteiger partial charge >= 0.3 is 0 Å². The largest absolute Gasteiger partial charge is 0.454 e. The van der Waals surface area contributed by atoms with E-state index in [2.05, 4.69) is 4.98 Å². The van der Waals surface area contributed by atoms with Gasteiger partial charge in [-0.25, -0.2) is 0 Å². The number of hydrogen-bond donors (Lipinski definition) is 0. The number of carbonyl (C=O) groups excluding carboxylic acids is 1. The molecule has 0 saturated carbocycles. The van der Waals surface area contributed by atoms with Crippen LogP contribution in [0.4, 0.5) is 0 Å². The Morgan fingerprint density at radius 2 is 1.95 bits per heavy atom. The topological polar surface area (TPSA) is 48.4 Å². The minimum absolute atomic E-state index is 0.0695. The number of thioether (sulfide) groups is 1. The lowest BCUT2D eigenvalue weighted by molar-refractivity contribution is 0.102. The molecule has 1 aliphatic heterocycles. The van der Waals surface area contributed by atoms with Crippen molar-refractivity contribution in [2.75, 3.05) is 12.5 Å². The van der Waals surface area contributed by atoms with E-state index in [1.165, 1.54) is 11.8 Å². The minimum Gasteiger partial charge on any atom is -0.454 e. The predicted molar refractivity (Wildman–Crippen MR) is 71.9 cm³/mol. The van der Waals surface area contributed by atoms with E-state index in [-0.39, 0.29) is 12.6 Å². The number of nitrogens with zero attached hydrogens (tertiary/aromatic N) is 1. The maximum absolute atomic E-state index is 12.1. The fourth-order valence-electron chi connectivity index (χ4n) is 1.74. The molecular formula is C14H11NO3S. The summed E-state index contributed by atoms with van der Waals surface area (Å²) in [5, 5.41) is 0. The van der Waals surface area contributed by atoms with Gasteiger partial charge in [0, 0.05) is 22.9 Å². The van der Waals surface area contributed by atoms with Gasteiger partial charge in [-0.3, -0.25) is 9.78 Å². The molecule has 0 N–H and O–H groups in total. The van der Waals surface area contributed by atoms with E-state index in [9.17, 15) is 4.79 Å². The predicted octanol–water partition coefficient (Wildman–Crippen LogP) is 2.79. The third-order valence-electron chi connectivity index (χ3n) is 2.71. The van der Waals surface area contributed by atoms with Crippen LogP contribution in [0.15, 0.2) is 47.6 Å². The Balaban J connectivity index is 1.67. The average Bonchev–Trinajstić information content (AvgIpc) is 2.93. The summed E-state index contributed by atoms with van der Waals surface area (Å²) in [6.45, 7) is 0.221. The number of rotatable bonds is 4. The molecular weight excluding hydrogens is 262 g/mol. The van der Waals surface area contributed by atoms with Gasteiger partial charge < -0.3 is 9.47 Å². The second kappa shape index (κ2) is 5.32. The third-order valence-corrected chi connectivity index (χ3v) is 3.73. The monoisotopic (exact) mass is 273 g/mol. The Kier molecular flexibility index (Phi) is 3.37. The van der Waals surface area contributed by atoms with Crippen LogP contribution < -0.4 is 9.47 Å². The first kappa shape index (κ1) is 12.0. The van der Waals surface area contributed by atoms with Gasteiger partial charge in [-0.15, -0.1) is 11.8 Å². The molecule has 4 nitrogen and oxygen atoms in total. The van der Waals surface area contributed by atoms with Crippen LogP contribution in [0.25, 0.3) is 0 Å². The molecule has 2 heterocycles.